The summed E-state index contributed by atoms with van der Waals surface area (Å²) < 4.78 is 5.77. The summed E-state index contributed by atoms with van der Waals surface area (Å²) in [5.74, 6) is -0.959. The zero-order valence-corrected chi connectivity index (χ0v) is 29.3. The van der Waals surface area contributed by atoms with Crippen LogP contribution in [0, 0.1) is 5.92 Å². The van der Waals surface area contributed by atoms with Crippen molar-refractivity contribution in [1.29, 1.82) is 0 Å². The minimum Gasteiger partial charge on any atom is -0.394 e. The number of fused-ring (bicyclic) bond motifs is 4. The van der Waals surface area contributed by atoms with E-state index in [1.807, 2.05) is 48.8 Å². The highest BCUT2D eigenvalue weighted by molar-refractivity contribution is 6.05. The van der Waals surface area contributed by atoms with Gasteiger partial charge in [0.1, 0.15) is 12.6 Å². The number of piperidine rings is 1. The van der Waals surface area contributed by atoms with Crippen molar-refractivity contribution in [2.75, 3.05) is 37.0 Å². The van der Waals surface area contributed by atoms with E-state index in [1.165, 1.54) is 16.0 Å². The molecule has 1 aromatic heterocycles. The molecule has 3 aromatic carbocycles. The first kappa shape index (κ1) is 34.6. The number of anilines is 2. The first-order valence-corrected chi connectivity index (χ1v) is 18.2. The van der Waals surface area contributed by atoms with Gasteiger partial charge >= 0.3 is 0 Å². The summed E-state index contributed by atoms with van der Waals surface area (Å²) in [7, 11) is 0. The van der Waals surface area contributed by atoms with Crippen molar-refractivity contribution in [3.05, 3.63) is 113 Å². The number of aromatic nitrogens is 1. The molecule has 1 unspecified atom stereocenters. The van der Waals surface area contributed by atoms with Crippen LogP contribution in [0.25, 0.3) is 11.1 Å². The van der Waals surface area contributed by atoms with E-state index in [0.29, 0.717) is 30.6 Å². The number of hydrogen-bond acceptors (Lipinski definition) is 9. The molecule has 12 heteroatoms. The Labute approximate surface area is 307 Å². The van der Waals surface area contributed by atoms with Crippen molar-refractivity contribution in [3.63, 3.8) is 0 Å². The summed E-state index contributed by atoms with van der Waals surface area (Å²) in [5, 5.41) is 19.1. The van der Waals surface area contributed by atoms with Gasteiger partial charge in [0, 0.05) is 60.8 Å². The minimum absolute atomic E-state index is 0.00500. The number of nitrogens with one attached hydrogen (secondary N) is 3. The fourth-order valence-electron chi connectivity index (χ4n) is 8.44. The zero-order valence-electron chi connectivity index (χ0n) is 29.3. The normalized spacial score (nSPS) is 22.1. The maximum atomic E-state index is 13.1. The summed E-state index contributed by atoms with van der Waals surface area (Å²) >= 11 is 0. The second kappa shape index (κ2) is 14.9. The van der Waals surface area contributed by atoms with Crippen LogP contribution in [0.5, 0.6) is 0 Å². The molecule has 5 heterocycles. The quantitative estimate of drug-likeness (QED) is 0.133. The van der Waals surface area contributed by atoms with Crippen molar-refractivity contribution in [3.8, 4) is 11.1 Å². The molecule has 12 nitrogen and oxygen atoms in total. The number of rotatable bonds is 11. The Balaban J connectivity index is 0.890. The van der Waals surface area contributed by atoms with Crippen molar-refractivity contribution in [2.45, 2.75) is 56.9 Å². The largest absolute Gasteiger partial charge is 0.394 e. The monoisotopic (exact) mass is 714 g/mol. The lowest BCUT2D eigenvalue weighted by Crippen LogP contribution is -2.52. The Morgan fingerprint density at radius 1 is 0.981 bits per heavy atom. The predicted octanol–water partition coefficient (Wildman–Crippen LogP) is 4.06. The van der Waals surface area contributed by atoms with Gasteiger partial charge in [-0.3, -0.25) is 34.4 Å². The third-order valence-electron chi connectivity index (χ3n) is 11.0. The van der Waals surface area contributed by atoms with E-state index in [0.717, 1.165) is 47.5 Å². The standard InChI is InChI=1S/C41H42N6O6/c48-23-35-31-13-17-46(21-25-11-15-42-16-12-25)39(31)32-20-28(7-8-34(32)44-35)27-4-1-5-29(19-27)43-38(50)24-53-18-14-26-3-2-6-30-33(26)22-47(41(30)52)36-9-10-37(49)45-40(36)51/h1-8,11-12,15-16,19-20,31,35-36,39,44,48H,9-10,13-14,17-18,21-24H2,(H,43,50)(H,45,49,51)/t31-,35-,36?,39-/m1/s1. The topological polar surface area (TPSA) is 153 Å². The molecule has 4 aliphatic heterocycles. The summed E-state index contributed by atoms with van der Waals surface area (Å²) in [6, 6.07) is 23.3. The van der Waals surface area contributed by atoms with Crippen LogP contribution >= 0.6 is 0 Å². The van der Waals surface area contributed by atoms with Gasteiger partial charge in [0.2, 0.25) is 17.7 Å². The predicted molar refractivity (Wildman–Crippen MR) is 198 cm³/mol. The van der Waals surface area contributed by atoms with E-state index >= 15 is 0 Å². The lowest BCUT2D eigenvalue weighted by molar-refractivity contribution is -0.137. The number of nitrogens with zero attached hydrogens (tertiary/aromatic N) is 3. The highest BCUT2D eigenvalue weighted by Gasteiger charge is 2.44. The smallest absolute Gasteiger partial charge is 0.255 e. The third-order valence-corrected chi connectivity index (χ3v) is 11.0. The first-order valence-electron chi connectivity index (χ1n) is 18.2. The van der Waals surface area contributed by atoms with E-state index < -0.39 is 11.9 Å². The van der Waals surface area contributed by atoms with Crippen LogP contribution < -0.4 is 16.0 Å². The van der Waals surface area contributed by atoms with Gasteiger partial charge in [-0.05, 0) is 102 Å². The maximum absolute atomic E-state index is 13.1. The van der Waals surface area contributed by atoms with Crippen LogP contribution in [0.3, 0.4) is 0 Å². The van der Waals surface area contributed by atoms with Crippen molar-refractivity contribution >= 4 is 35.0 Å². The molecule has 0 bridgehead atoms. The fraction of sp³-hybridized carbons (Fsp3) is 0.341. The van der Waals surface area contributed by atoms with E-state index in [2.05, 4.69) is 56.2 Å². The van der Waals surface area contributed by atoms with Crippen LogP contribution in [0.2, 0.25) is 0 Å². The molecule has 0 aliphatic carbocycles. The Morgan fingerprint density at radius 2 is 1.81 bits per heavy atom. The molecule has 0 radical (unpaired) electrons. The number of amides is 4. The number of imide groups is 1. The van der Waals surface area contributed by atoms with Crippen molar-refractivity contribution in [2.24, 2.45) is 5.92 Å². The molecule has 53 heavy (non-hydrogen) atoms. The highest BCUT2D eigenvalue weighted by atomic mass is 16.5. The lowest BCUT2D eigenvalue weighted by Gasteiger charge is -2.39. The van der Waals surface area contributed by atoms with E-state index in [4.69, 9.17) is 4.74 Å². The number of carbonyl (C=O) groups excluding carboxylic acids is 4. The van der Waals surface area contributed by atoms with Gasteiger partial charge in [-0.2, -0.15) is 0 Å². The van der Waals surface area contributed by atoms with Gasteiger partial charge in [0.05, 0.1) is 19.3 Å². The number of carbonyl (C=O) groups is 4. The molecular formula is C41H42N6O6. The second-order valence-corrected chi connectivity index (χ2v) is 14.2. The Bertz CT molecular complexity index is 2060. The third kappa shape index (κ3) is 7.05. The van der Waals surface area contributed by atoms with Gasteiger partial charge in [0.25, 0.3) is 5.91 Å². The van der Waals surface area contributed by atoms with Gasteiger partial charge < -0.3 is 25.4 Å². The van der Waals surface area contributed by atoms with Gasteiger partial charge in [0.15, 0.2) is 0 Å². The summed E-state index contributed by atoms with van der Waals surface area (Å²) in [5.41, 5.74) is 8.48. The van der Waals surface area contributed by atoms with E-state index in [1.54, 1.807) is 6.07 Å². The fourth-order valence-corrected chi connectivity index (χ4v) is 8.44. The molecule has 4 atom stereocenters. The average molecular weight is 715 g/mol. The average Bonchev–Trinajstić information content (AvgIpc) is 3.74. The number of aliphatic hydroxyl groups is 1. The van der Waals surface area contributed by atoms with Crippen LogP contribution in [0.15, 0.2) is 85.2 Å². The Kier molecular flexibility index (Phi) is 9.74. The van der Waals surface area contributed by atoms with Crippen LogP contribution in [0.1, 0.15) is 57.9 Å². The van der Waals surface area contributed by atoms with Gasteiger partial charge in [-0.1, -0.05) is 30.3 Å². The van der Waals surface area contributed by atoms with Crippen LogP contribution in [0.4, 0.5) is 11.4 Å². The number of aliphatic hydroxyl groups excluding tert-OH is 1. The molecule has 2 fully saturated rings. The number of pyridine rings is 1. The molecule has 272 valence electrons. The molecule has 0 spiro atoms. The molecule has 4 aliphatic rings. The van der Waals surface area contributed by atoms with Crippen molar-refractivity contribution in [1.82, 2.24) is 20.1 Å². The molecular weight excluding hydrogens is 672 g/mol. The summed E-state index contributed by atoms with van der Waals surface area (Å²) in [6.07, 6.45) is 5.66. The first-order chi connectivity index (χ1) is 25.9. The highest BCUT2D eigenvalue weighted by Crippen LogP contribution is 2.48. The van der Waals surface area contributed by atoms with Gasteiger partial charge in [-0.15, -0.1) is 0 Å². The van der Waals surface area contributed by atoms with Crippen molar-refractivity contribution < 1.29 is 29.0 Å². The lowest BCUT2D eigenvalue weighted by atomic mass is 9.82. The Morgan fingerprint density at radius 3 is 2.64 bits per heavy atom. The number of likely N-dealkylation sites (tertiary alicyclic amines) is 1. The van der Waals surface area contributed by atoms with Gasteiger partial charge in [-0.25, -0.2) is 0 Å². The molecule has 4 amide bonds. The zero-order chi connectivity index (χ0) is 36.5. The Hall–Kier alpha value is -5.43. The van der Waals surface area contributed by atoms with E-state index in [-0.39, 0.29) is 62.0 Å². The molecule has 4 aromatic rings. The van der Waals surface area contributed by atoms with Crippen LogP contribution in [-0.4, -0.2) is 82.0 Å². The summed E-state index contributed by atoms with van der Waals surface area (Å²) in [4.78, 5) is 58.4. The summed E-state index contributed by atoms with van der Waals surface area (Å²) in [6.45, 7) is 2.27. The molecule has 0 saturated carbocycles. The van der Waals surface area contributed by atoms with E-state index in [9.17, 15) is 24.3 Å². The number of ether oxygens (including phenoxy) is 1. The number of hydrogen-bond donors (Lipinski definition) is 4. The van der Waals surface area contributed by atoms with Crippen LogP contribution in [-0.2, 0) is 38.6 Å². The minimum atomic E-state index is -0.671. The molecule has 2 saturated heterocycles. The number of benzene rings is 3. The second-order valence-electron chi connectivity index (χ2n) is 14.2. The maximum Gasteiger partial charge on any atom is 0.255 e. The molecule has 4 N–H and O–H groups in total. The molecule has 8 rings (SSSR count). The SMILES string of the molecule is O=C1CCC(N2Cc3c(CCOCC(=O)Nc4cccc(-c5ccc6c(c5)[C@H]5[C@H](CCN5Cc5ccncc5)[C@@H](CO)N6)c4)cccc3C2=O)C(=O)N1.